The quantitative estimate of drug-likeness (QED) is 0.0265. The lowest BCUT2D eigenvalue weighted by atomic mass is 9.99. The van der Waals surface area contributed by atoms with Gasteiger partial charge in [0, 0.05) is 6.42 Å². The maximum Gasteiger partial charge on any atom is 0.220 e. The van der Waals surface area contributed by atoms with Gasteiger partial charge in [-0.25, -0.2) is 0 Å². The van der Waals surface area contributed by atoms with Crippen LogP contribution in [0, 0.1) is 0 Å². The third-order valence-electron chi connectivity index (χ3n) is 11.6. The Labute approximate surface area is 344 Å². The fraction of sp³-hybridized carbons (Fsp3) is 0.936. The summed E-state index contributed by atoms with van der Waals surface area (Å²) in [5.74, 6) is -0.148. The number of nitrogens with one attached hydrogen (secondary N) is 1. The lowest BCUT2D eigenvalue weighted by molar-refractivity contribution is -0.302. The Bertz CT molecular complexity index is 888. The minimum Gasteiger partial charge on any atom is -0.394 e. The number of allylic oxidation sites excluding steroid dienone is 2. The van der Waals surface area contributed by atoms with Crippen molar-refractivity contribution in [3.8, 4) is 0 Å². The van der Waals surface area contributed by atoms with E-state index in [0.717, 1.165) is 38.5 Å². The molecule has 9 nitrogen and oxygen atoms in total. The van der Waals surface area contributed by atoms with E-state index >= 15 is 0 Å². The average molecular weight is 798 g/mol. The zero-order valence-corrected chi connectivity index (χ0v) is 36.4. The van der Waals surface area contributed by atoms with Crippen molar-refractivity contribution in [1.29, 1.82) is 0 Å². The van der Waals surface area contributed by atoms with E-state index in [1.54, 1.807) is 0 Å². The molecule has 1 saturated heterocycles. The molecule has 9 heteroatoms. The first kappa shape index (κ1) is 52.9. The molecule has 0 spiro atoms. The summed E-state index contributed by atoms with van der Waals surface area (Å²) in [4.78, 5) is 12.9. The van der Waals surface area contributed by atoms with Crippen molar-refractivity contribution < 1.29 is 39.8 Å². The summed E-state index contributed by atoms with van der Waals surface area (Å²) in [5, 5.41) is 54.2. The second kappa shape index (κ2) is 38.2. The Morgan fingerprint density at radius 3 is 1.45 bits per heavy atom. The third-order valence-corrected chi connectivity index (χ3v) is 11.6. The number of amides is 1. The molecule has 0 radical (unpaired) electrons. The van der Waals surface area contributed by atoms with E-state index in [0.29, 0.717) is 12.8 Å². The molecule has 7 atom stereocenters. The molecule has 0 bridgehead atoms. The van der Waals surface area contributed by atoms with E-state index in [2.05, 4.69) is 31.3 Å². The number of hydrogen-bond donors (Lipinski definition) is 6. The van der Waals surface area contributed by atoms with Crippen molar-refractivity contribution in [1.82, 2.24) is 5.32 Å². The summed E-state index contributed by atoms with van der Waals surface area (Å²) in [6.45, 7) is 3.81. The molecule has 1 fully saturated rings. The summed E-state index contributed by atoms with van der Waals surface area (Å²) in [5.41, 5.74) is 0. The van der Waals surface area contributed by atoms with Crippen LogP contribution in [0.5, 0.6) is 0 Å². The SMILES string of the molecule is CCCCCCCCCCCCCC/C=C\CCCCCCCCCCC(=O)NC(COC1OC(CO)C(O)C(O)C1O)C(O)CCCCCCCCCCC. The first-order valence-corrected chi connectivity index (χ1v) is 23.9. The first-order chi connectivity index (χ1) is 27.3. The predicted octanol–water partition coefficient (Wildman–Crippen LogP) is 10.1. The van der Waals surface area contributed by atoms with Crippen LogP contribution in [0.4, 0.5) is 0 Å². The molecule has 6 N–H and O–H groups in total. The van der Waals surface area contributed by atoms with Crippen molar-refractivity contribution in [2.45, 2.75) is 269 Å². The number of carbonyl (C=O) groups is 1. The molecule has 0 saturated carbocycles. The first-order valence-electron chi connectivity index (χ1n) is 23.9. The molecule has 56 heavy (non-hydrogen) atoms. The van der Waals surface area contributed by atoms with Crippen LogP contribution in [0.1, 0.15) is 226 Å². The largest absolute Gasteiger partial charge is 0.394 e. The summed E-state index contributed by atoms with van der Waals surface area (Å²) in [6, 6.07) is -0.715. The van der Waals surface area contributed by atoms with Crippen LogP contribution in [0.2, 0.25) is 0 Å². The van der Waals surface area contributed by atoms with Crippen LogP contribution in [-0.4, -0.2) is 87.5 Å². The van der Waals surface area contributed by atoms with Gasteiger partial charge in [-0.15, -0.1) is 0 Å². The molecular weight excluding hydrogens is 707 g/mol. The summed E-state index contributed by atoms with van der Waals surface area (Å²) >= 11 is 0. The summed E-state index contributed by atoms with van der Waals surface area (Å²) in [7, 11) is 0. The smallest absolute Gasteiger partial charge is 0.220 e. The minimum atomic E-state index is -1.55. The monoisotopic (exact) mass is 798 g/mol. The molecule has 1 amide bonds. The molecule has 0 aromatic heterocycles. The number of aliphatic hydroxyl groups excluding tert-OH is 5. The van der Waals surface area contributed by atoms with Gasteiger partial charge in [0.25, 0.3) is 0 Å². The van der Waals surface area contributed by atoms with Gasteiger partial charge in [-0.3, -0.25) is 4.79 Å². The van der Waals surface area contributed by atoms with Gasteiger partial charge in [-0.2, -0.15) is 0 Å². The molecule has 1 heterocycles. The normalized spacial score (nSPS) is 21.2. The Morgan fingerprint density at radius 1 is 0.589 bits per heavy atom. The van der Waals surface area contributed by atoms with Crippen LogP contribution in [0.15, 0.2) is 12.2 Å². The number of carbonyl (C=O) groups excluding carboxylic acids is 1. The molecular formula is C47H91NO8. The van der Waals surface area contributed by atoms with Crippen molar-refractivity contribution in [3.63, 3.8) is 0 Å². The zero-order valence-electron chi connectivity index (χ0n) is 36.4. The maximum absolute atomic E-state index is 12.9. The number of aliphatic hydroxyl groups is 5. The molecule has 7 unspecified atom stereocenters. The van der Waals surface area contributed by atoms with Crippen LogP contribution < -0.4 is 5.32 Å². The second-order valence-corrected chi connectivity index (χ2v) is 16.9. The molecule has 332 valence electrons. The Kier molecular flexibility index (Phi) is 36.1. The molecule has 0 aromatic carbocycles. The summed E-state index contributed by atoms with van der Waals surface area (Å²) < 4.78 is 11.2. The Balaban J connectivity index is 2.20. The van der Waals surface area contributed by atoms with E-state index in [9.17, 15) is 30.3 Å². The minimum absolute atomic E-state index is 0.137. The van der Waals surface area contributed by atoms with Crippen molar-refractivity contribution >= 4 is 5.91 Å². The molecule has 1 aliphatic heterocycles. The van der Waals surface area contributed by atoms with E-state index in [4.69, 9.17) is 9.47 Å². The third kappa shape index (κ3) is 28.4. The van der Waals surface area contributed by atoms with Gasteiger partial charge in [-0.05, 0) is 38.5 Å². The fourth-order valence-electron chi connectivity index (χ4n) is 7.74. The van der Waals surface area contributed by atoms with Crippen molar-refractivity contribution in [3.05, 3.63) is 12.2 Å². The van der Waals surface area contributed by atoms with Gasteiger partial charge in [0.15, 0.2) is 6.29 Å². The van der Waals surface area contributed by atoms with Crippen molar-refractivity contribution in [2.75, 3.05) is 13.2 Å². The van der Waals surface area contributed by atoms with Crippen LogP contribution in [0.25, 0.3) is 0 Å². The summed E-state index contributed by atoms with van der Waals surface area (Å²) in [6.07, 6.45) is 36.7. The Hall–Kier alpha value is -1.07. The standard InChI is InChI=1S/C47H91NO8/c1-3-5-7-9-11-13-14-15-16-17-18-19-20-21-22-23-24-25-26-27-29-31-33-35-37-43(51)48-40(41(50)36-34-32-30-28-12-10-8-6-4-2)39-55-47-46(54)45(53)44(52)42(38-49)56-47/h21-22,40-42,44-47,49-50,52-54H,3-20,23-39H2,1-2H3,(H,48,51)/b22-21-. The number of unbranched alkanes of at least 4 members (excludes halogenated alkanes) is 28. The zero-order chi connectivity index (χ0) is 40.9. The molecule has 0 aliphatic carbocycles. The van der Waals surface area contributed by atoms with Gasteiger partial charge in [0.2, 0.25) is 5.91 Å². The van der Waals surface area contributed by atoms with Crippen LogP contribution in [-0.2, 0) is 14.3 Å². The van der Waals surface area contributed by atoms with E-state index in [1.807, 2.05) is 0 Å². The number of rotatable bonds is 40. The number of hydrogen-bond acceptors (Lipinski definition) is 8. The maximum atomic E-state index is 12.9. The predicted molar refractivity (Wildman–Crippen MR) is 231 cm³/mol. The fourth-order valence-corrected chi connectivity index (χ4v) is 7.74. The van der Waals surface area contributed by atoms with Gasteiger partial charge in [-0.1, -0.05) is 193 Å². The average Bonchev–Trinajstić information content (AvgIpc) is 3.20. The lowest BCUT2D eigenvalue weighted by Gasteiger charge is -2.40. The lowest BCUT2D eigenvalue weighted by Crippen LogP contribution is -2.60. The highest BCUT2D eigenvalue weighted by atomic mass is 16.7. The molecule has 1 rings (SSSR count). The van der Waals surface area contributed by atoms with Crippen LogP contribution in [0.3, 0.4) is 0 Å². The van der Waals surface area contributed by atoms with Crippen molar-refractivity contribution in [2.24, 2.45) is 0 Å². The highest BCUT2D eigenvalue weighted by molar-refractivity contribution is 5.76. The van der Waals surface area contributed by atoms with E-state index in [1.165, 1.54) is 161 Å². The topological polar surface area (TPSA) is 149 Å². The van der Waals surface area contributed by atoms with Gasteiger partial charge < -0.3 is 40.3 Å². The number of ether oxygens (including phenoxy) is 2. The highest BCUT2D eigenvalue weighted by Crippen LogP contribution is 2.23. The van der Waals surface area contributed by atoms with Gasteiger partial charge in [0.1, 0.15) is 24.4 Å². The van der Waals surface area contributed by atoms with Crippen LogP contribution >= 0.6 is 0 Å². The second-order valence-electron chi connectivity index (χ2n) is 16.9. The van der Waals surface area contributed by atoms with Gasteiger partial charge >= 0.3 is 0 Å². The van der Waals surface area contributed by atoms with E-state index < -0.39 is 49.5 Å². The molecule has 0 aromatic rings. The van der Waals surface area contributed by atoms with E-state index in [-0.39, 0.29) is 12.5 Å². The van der Waals surface area contributed by atoms with Gasteiger partial charge in [0.05, 0.1) is 25.4 Å². The molecule has 1 aliphatic rings. The highest BCUT2D eigenvalue weighted by Gasteiger charge is 2.44. The Morgan fingerprint density at radius 2 is 1.00 bits per heavy atom.